The summed E-state index contributed by atoms with van der Waals surface area (Å²) in [5, 5.41) is 14.8. The van der Waals surface area contributed by atoms with Crippen molar-refractivity contribution in [1.29, 1.82) is 0 Å². The van der Waals surface area contributed by atoms with Crippen LogP contribution in [0.15, 0.2) is 24.4 Å². The van der Waals surface area contributed by atoms with Gasteiger partial charge in [0.2, 0.25) is 5.95 Å². The SMILES string of the molecule is CCCNc1nncc(Nc2cccc(Cl)c2C)n1. The lowest BCUT2D eigenvalue weighted by molar-refractivity contribution is 0.913. The molecule has 19 heavy (non-hydrogen) atoms. The van der Waals surface area contributed by atoms with Crippen LogP contribution in [-0.4, -0.2) is 21.7 Å². The van der Waals surface area contributed by atoms with E-state index in [1.807, 2.05) is 25.1 Å². The maximum atomic E-state index is 6.08. The fourth-order valence-electron chi connectivity index (χ4n) is 1.56. The normalized spacial score (nSPS) is 10.3. The first-order valence-corrected chi connectivity index (χ1v) is 6.54. The van der Waals surface area contributed by atoms with Crippen LogP contribution in [0.3, 0.4) is 0 Å². The van der Waals surface area contributed by atoms with Crippen molar-refractivity contribution >= 4 is 29.1 Å². The Bertz CT molecular complexity index is 558. The summed E-state index contributed by atoms with van der Waals surface area (Å²) in [5.74, 6) is 1.16. The highest BCUT2D eigenvalue weighted by molar-refractivity contribution is 6.31. The lowest BCUT2D eigenvalue weighted by atomic mass is 10.2. The van der Waals surface area contributed by atoms with Crippen molar-refractivity contribution in [3.05, 3.63) is 35.0 Å². The number of nitrogens with zero attached hydrogens (tertiary/aromatic N) is 3. The minimum atomic E-state index is 0.520. The maximum Gasteiger partial charge on any atom is 0.244 e. The monoisotopic (exact) mass is 277 g/mol. The second-order valence-electron chi connectivity index (χ2n) is 4.13. The summed E-state index contributed by atoms with van der Waals surface area (Å²) in [4.78, 5) is 4.34. The molecule has 0 aliphatic carbocycles. The minimum Gasteiger partial charge on any atom is -0.353 e. The third-order valence-electron chi connectivity index (χ3n) is 2.62. The van der Waals surface area contributed by atoms with Crippen molar-refractivity contribution in [1.82, 2.24) is 15.2 Å². The minimum absolute atomic E-state index is 0.520. The van der Waals surface area contributed by atoms with Crippen molar-refractivity contribution in [2.24, 2.45) is 0 Å². The molecule has 0 radical (unpaired) electrons. The number of nitrogens with one attached hydrogen (secondary N) is 2. The summed E-state index contributed by atoms with van der Waals surface area (Å²) < 4.78 is 0. The van der Waals surface area contributed by atoms with E-state index in [0.29, 0.717) is 11.8 Å². The van der Waals surface area contributed by atoms with Crippen LogP contribution in [-0.2, 0) is 0 Å². The topological polar surface area (TPSA) is 62.7 Å². The Morgan fingerprint density at radius 3 is 2.95 bits per heavy atom. The van der Waals surface area contributed by atoms with E-state index in [9.17, 15) is 0 Å². The largest absolute Gasteiger partial charge is 0.353 e. The molecule has 0 fully saturated rings. The third kappa shape index (κ3) is 3.54. The van der Waals surface area contributed by atoms with Gasteiger partial charge in [-0.15, -0.1) is 5.10 Å². The molecular weight excluding hydrogens is 262 g/mol. The molecule has 0 saturated carbocycles. The van der Waals surface area contributed by atoms with Crippen LogP contribution in [0.2, 0.25) is 5.02 Å². The van der Waals surface area contributed by atoms with E-state index in [1.165, 1.54) is 0 Å². The van der Waals surface area contributed by atoms with Gasteiger partial charge in [-0.2, -0.15) is 10.1 Å². The average molecular weight is 278 g/mol. The van der Waals surface area contributed by atoms with Gasteiger partial charge in [-0.1, -0.05) is 24.6 Å². The lowest BCUT2D eigenvalue weighted by Gasteiger charge is -2.10. The van der Waals surface area contributed by atoms with E-state index in [4.69, 9.17) is 11.6 Å². The highest BCUT2D eigenvalue weighted by atomic mass is 35.5. The van der Waals surface area contributed by atoms with Crippen LogP contribution in [0.1, 0.15) is 18.9 Å². The number of hydrogen-bond donors (Lipinski definition) is 2. The zero-order chi connectivity index (χ0) is 13.7. The number of hydrogen-bond acceptors (Lipinski definition) is 5. The van der Waals surface area contributed by atoms with Crippen molar-refractivity contribution in [2.45, 2.75) is 20.3 Å². The number of halogens is 1. The van der Waals surface area contributed by atoms with Crippen molar-refractivity contribution in [3.8, 4) is 0 Å². The van der Waals surface area contributed by atoms with Crippen LogP contribution in [0.5, 0.6) is 0 Å². The van der Waals surface area contributed by atoms with Gasteiger partial charge < -0.3 is 10.6 Å². The average Bonchev–Trinajstić information content (AvgIpc) is 2.42. The molecule has 0 aliphatic heterocycles. The van der Waals surface area contributed by atoms with Crippen molar-refractivity contribution in [2.75, 3.05) is 17.2 Å². The molecule has 2 aromatic rings. The molecule has 0 atom stereocenters. The molecule has 0 bridgehead atoms. The summed E-state index contributed by atoms with van der Waals surface area (Å²) in [6.45, 7) is 4.86. The molecule has 0 amide bonds. The number of benzene rings is 1. The lowest BCUT2D eigenvalue weighted by Crippen LogP contribution is -2.07. The van der Waals surface area contributed by atoms with E-state index < -0.39 is 0 Å². The maximum absolute atomic E-state index is 6.08. The van der Waals surface area contributed by atoms with Gasteiger partial charge in [0.1, 0.15) is 0 Å². The molecule has 0 spiro atoms. The quantitative estimate of drug-likeness (QED) is 0.877. The van der Waals surface area contributed by atoms with Gasteiger partial charge in [0.25, 0.3) is 0 Å². The van der Waals surface area contributed by atoms with Gasteiger partial charge in [0, 0.05) is 17.3 Å². The van der Waals surface area contributed by atoms with Crippen LogP contribution in [0.4, 0.5) is 17.5 Å². The van der Waals surface area contributed by atoms with Crippen LogP contribution >= 0.6 is 11.6 Å². The van der Waals surface area contributed by atoms with E-state index in [1.54, 1.807) is 6.20 Å². The van der Waals surface area contributed by atoms with Gasteiger partial charge in [-0.25, -0.2) is 0 Å². The van der Waals surface area contributed by atoms with Crippen molar-refractivity contribution in [3.63, 3.8) is 0 Å². The van der Waals surface area contributed by atoms with E-state index >= 15 is 0 Å². The Morgan fingerprint density at radius 1 is 1.32 bits per heavy atom. The highest BCUT2D eigenvalue weighted by Gasteiger charge is 2.04. The van der Waals surface area contributed by atoms with E-state index in [0.717, 1.165) is 29.2 Å². The fraction of sp³-hybridized carbons (Fsp3) is 0.308. The summed E-state index contributed by atoms with van der Waals surface area (Å²) in [5.41, 5.74) is 1.89. The number of aromatic nitrogens is 3. The van der Waals surface area contributed by atoms with Crippen LogP contribution < -0.4 is 10.6 Å². The second kappa shape index (κ2) is 6.33. The van der Waals surface area contributed by atoms with Gasteiger partial charge in [-0.3, -0.25) is 0 Å². The molecule has 2 rings (SSSR count). The smallest absolute Gasteiger partial charge is 0.244 e. The molecular formula is C13H16ClN5. The van der Waals surface area contributed by atoms with E-state index in [-0.39, 0.29) is 0 Å². The molecule has 1 heterocycles. The molecule has 100 valence electrons. The summed E-state index contributed by atoms with van der Waals surface area (Å²) in [6, 6.07) is 5.69. The van der Waals surface area contributed by atoms with E-state index in [2.05, 4.69) is 32.7 Å². The molecule has 0 saturated heterocycles. The Balaban J connectivity index is 2.16. The van der Waals surface area contributed by atoms with Gasteiger partial charge >= 0.3 is 0 Å². The Labute approximate surface area is 117 Å². The second-order valence-corrected chi connectivity index (χ2v) is 4.54. The zero-order valence-electron chi connectivity index (χ0n) is 10.9. The van der Waals surface area contributed by atoms with Gasteiger partial charge in [0.15, 0.2) is 5.82 Å². The standard InChI is InChI=1S/C13H16ClN5/c1-3-7-15-13-18-12(8-16-19-13)17-11-6-4-5-10(14)9(11)2/h4-6,8H,3,7H2,1-2H3,(H2,15,17,18,19). The number of rotatable bonds is 5. The molecule has 2 N–H and O–H groups in total. The summed E-state index contributed by atoms with van der Waals surface area (Å²) >= 11 is 6.08. The molecule has 1 aromatic heterocycles. The van der Waals surface area contributed by atoms with Gasteiger partial charge in [-0.05, 0) is 31.0 Å². The summed E-state index contributed by atoms with van der Waals surface area (Å²) in [7, 11) is 0. The molecule has 0 unspecified atom stereocenters. The predicted molar refractivity (Wildman–Crippen MR) is 78.1 cm³/mol. The fourth-order valence-corrected chi connectivity index (χ4v) is 1.73. The van der Waals surface area contributed by atoms with Gasteiger partial charge in [0.05, 0.1) is 6.20 Å². The Morgan fingerprint density at radius 2 is 2.16 bits per heavy atom. The Kier molecular flexibility index (Phi) is 4.52. The van der Waals surface area contributed by atoms with Crippen LogP contribution in [0, 0.1) is 6.92 Å². The number of anilines is 3. The first kappa shape index (κ1) is 13.5. The summed E-state index contributed by atoms with van der Waals surface area (Å²) in [6.07, 6.45) is 2.59. The zero-order valence-corrected chi connectivity index (χ0v) is 11.7. The predicted octanol–water partition coefficient (Wildman–Crippen LogP) is 3.40. The Hall–Kier alpha value is -1.88. The molecule has 6 heteroatoms. The van der Waals surface area contributed by atoms with Crippen molar-refractivity contribution < 1.29 is 0 Å². The van der Waals surface area contributed by atoms with Crippen LogP contribution in [0.25, 0.3) is 0 Å². The molecule has 0 aliphatic rings. The third-order valence-corrected chi connectivity index (χ3v) is 3.03. The molecule has 5 nitrogen and oxygen atoms in total. The molecule has 1 aromatic carbocycles. The first-order chi connectivity index (χ1) is 9.20. The first-order valence-electron chi connectivity index (χ1n) is 6.16. The highest BCUT2D eigenvalue weighted by Crippen LogP contribution is 2.25.